The van der Waals surface area contributed by atoms with Crippen LogP contribution in [-0.4, -0.2) is 15.0 Å². The highest BCUT2D eigenvalue weighted by Crippen LogP contribution is 2.40. The Balaban J connectivity index is 1.41. The summed E-state index contributed by atoms with van der Waals surface area (Å²) < 4.78 is 0. The molecule has 8 aromatic rings. The van der Waals surface area contributed by atoms with Crippen LogP contribution < -0.4 is 0 Å². The van der Waals surface area contributed by atoms with Crippen molar-refractivity contribution in [1.82, 2.24) is 15.0 Å². The van der Waals surface area contributed by atoms with Gasteiger partial charge < -0.3 is 0 Å². The SMILES string of the molecule is c1ccc(-c2cc(-c3cccc(-c4c5ccc6ccccc6c5nc5c4ccc4ccccc45)c3)ccn2)nc1. The molecule has 3 nitrogen and oxygen atoms in total. The maximum absolute atomic E-state index is 5.33. The lowest BCUT2D eigenvalue weighted by Crippen LogP contribution is -1.92. The van der Waals surface area contributed by atoms with Crippen molar-refractivity contribution in [3.8, 4) is 33.6 Å². The van der Waals surface area contributed by atoms with E-state index in [1.807, 2.05) is 24.4 Å². The molecule has 0 saturated heterocycles. The average molecular weight is 510 g/mol. The molecule has 0 fully saturated rings. The van der Waals surface area contributed by atoms with Crippen molar-refractivity contribution < 1.29 is 0 Å². The zero-order valence-electron chi connectivity index (χ0n) is 21.6. The van der Waals surface area contributed by atoms with E-state index in [1.54, 1.807) is 6.20 Å². The van der Waals surface area contributed by atoms with E-state index in [-0.39, 0.29) is 0 Å². The van der Waals surface area contributed by atoms with Crippen LogP contribution in [0.5, 0.6) is 0 Å². The monoisotopic (exact) mass is 509 g/mol. The number of pyridine rings is 3. The largest absolute Gasteiger partial charge is 0.255 e. The molecule has 0 bridgehead atoms. The van der Waals surface area contributed by atoms with E-state index in [4.69, 9.17) is 4.98 Å². The summed E-state index contributed by atoms with van der Waals surface area (Å²) in [6.07, 6.45) is 3.67. The maximum Gasteiger partial charge on any atom is 0.0892 e. The van der Waals surface area contributed by atoms with Crippen LogP contribution in [0.3, 0.4) is 0 Å². The number of hydrogen-bond acceptors (Lipinski definition) is 3. The maximum atomic E-state index is 5.33. The van der Waals surface area contributed by atoms with Gasteiger partial charge in [-0.05, 0) is 57.8 Å². The van der Waals surface area contributed by atoms with Crippen molar-refractivity contribution >= 4 is 43.4 Å². The van der Waals surface area contributed by atoms with Gasteiger partial charge in [0.2, 0.25) is 0 Å². The molecule has 0 aliphatic heterocycles. The lowest BCUT2D eigenvalue weighted by Gasteiger charge is -2.15. The normalized spacial score (nSPS) is 11.5. The minimum absolute atomic E-state index is 0.862. The van der Waals surface area contributed by atoms with E-state index in [0.29, 0.717) is 0 Å². The Kier molecular flexibility index (Phi) is 5.14. The summed E-state index contributed by atoms with van der Waals surface area (Å²) >= 11 is 0. The van der Waals surface area contributed by atoms with Crippen molar-refractivity contribution in [3.05, 3.63) is 140 Å². The van der Waals surface area contributed by atoms with Crippen LogP contribution in [0.4, 0.5) is 0 Å². The van der Waals surface area contributed by atoms with Gasteiger partial charge in [-0.3, -0.25) is 9.97 Å². The van der Waals surface area contributed by atoms with E-state index < -0.39 is 0 Å². The molecule has 0 spiro atoms. The third-order valence-corrected chi connectivity index (χ3v) is 7.74. The summed E-state index contributed by atoms with van der Waals surface area (Å²) in [6, 6.07) is 44.8. The topological polar surface area (TPSA) is 38.7 Å². The minimum atomic E-state index is 0.862. The molecule has 8 rings (SSSR count). The molecule has 0 radical (unpaired) electrons. The molecule has 5 aromatic carbocycles. The number of rotatable bonds is 3. The van der Waals surface area contributed by atoms with Gasteiger partial charge in [0.25, 0.3) is 0 Å². The number of aromatic nitrogens is 3. The second kappa shape index (κ2) is 9.11. The highest BCUT2D eigenvalue weighted by molar-refractivity contribution is 6.21. The third kappa shape index (κ3) is 3.63. The summed E-state index contributed by atoms with van der Waals surface area (Å²) in [5.74, 6) is 0. The Morgan fingerprint density at radius 2 is 1.00 bits per heavy atom. The van der Waals surface area contributed by atoms with Gasteiger partial charge >= 0.3 is 0 Å². The highest BCUT2D eigenvalue weighted by Gasteiger charge is 2.16. The van der Waals surface area contributed by atoms with Crippen molar-refractivity contribution in [2.45, 2.75) is 0 Å². The molecule has 0 aliphatic carbocycles. The highest BCUT2D eigenvalue weighted by atomic mass is 14.8. The van der Waals surface area contributed by atoms with Crippen molar-refractivity contribution in [2.75, 3.05) is 0 Å². The molecule has 0 N–H and O–H groups in total. The minimum Gasteiger partial charge on any atom is -0.255 e. The number of benzene rings is 5. The van der Waals surface area contributed by atoms with Gasteiger partial charge in [-0.1, -0.05) is 97.1 Å². The Bertz CT molecular complexity index is 2120. The summed E-state index contributed by atoms with van der Waals surface area (Å²) in [7, 11) is 0. The van der Waals surface area contributed by atoms with Crippen LogP contribution in [0.2, 0.25) is 0 Å². The lowest BCUT2D eigenvalue weighted by molar-refractivity contribution is 1.25. The molecule has 0 unspecified atom stereocenters. The molecule has 3 aromatic heterocycles. The molecule has 3 heterocycles. The summed E-state index contributed by atoms with van der Waals surface area (Å²) in [4.78, 5) is 14.4. The fourth-order valence-corrected chi connectivity index (χ4v) is 5.84. The fourth-order valence-electron chi connectivity index (χ4n) is 5.84. The number of hydrogen-bond donors (Lipinski definition) is 0. The molecule has 3 heteroatoms. The van der Waals surface area contributed by atoms with E-state index in [0.717, 1.165) is 49.9 Å². The smallest absolute Gasteiger partial charge is 0.0892 e. The van der Waals surface area contributed by atoms with Crippen molar-refractivity contribution in [3.63, 3.8) is 0 Å². The van der Waals surface area contributed by atoms with Crippen molar-refractivity contribution in [1.29, 1.82) is 0 Å². The first kappa shape index (κ1) is 22.6. The summed E-state index contributed by atoms with van der Waals surface area (Å²) in [6.45, 7) is 0. The Hall–Kier alpha value is -5.41. The van der Waals surface area contributed by atoms with Crippen LogP contribution in [0, 0.1) is 0 Å². The van der Waals surface area contributed by atoms with Crippen LogP contribution in [-0.2, 0) is 0 Å². The first-order chi connectivity index (χ1) is 19.8. The molecular formula is C37H23N3. The first-order valence-electron chi connectivity index (χ1n) is 13.4. The van der Waals surface area contributed by atoms with E-state index in [1.165, 1.54) is 27.1 Å². The van der Waals surface area contributed by atoms with Gasteiger partial charge in [0.05, 0.1) is 22.4 Å². The molecule has 186 valence electrons. The van der Waals surface area contributed by atoms with Gasteiger partial charge in [-0.25, -0.2) is 4.98 Å². The predicted molar refractivity (Wildman–Crippen MR) is 166 cm³/mol. The summed E-state index contributed by atoms with van der Waals surface area (Å²) in [5.41, 5.74) is 8.40. The molecular weight excluding hydrogens is 486 g/mol. The standard InChI is InChI=1S/C37H23N3/c1-3-12-29-24(8-1)15-17-31-35(32-18-16-25-9-2-4-13-30(25)37(32)40-36(29)31)28-11-7-10-26(22-28)27-19-21-39-34(23-27)33-14-5-6-20-38-33/h1-23H. The molecule has 0 atom stereocenters. The lowest BCUT2D eigenvalue weighted by atomic mass is 9.91. The first-order valence-corrected chi connectivity index (χ1v) is 13.4. The molecule has 0 aliphatic rings. The number of nitrogens with zero attached hydrogens (tertiary/aromatic N) is 3. The Labute approximate surface area is 231 Å². The van der Waals surface area contributed by atoms with Gasteiger partial charge in [-0.2, -0.15) is 0 Å². The zero-order valence-corrected chi connectivity index (χ0v) is 21.6. The zero-order chi connectivity index (χ0) is 26.5. The van der Waals surface area contributed by atoms with E-state index in [9.17, 15) is 0 Å². The fraction of sp³-hybridized carbons (Fsp3) is 0. The Morgan fingerprint density at radius 3 is 1.70 bits per heavy atom. The second-order valence-corrected chi connectivity index (χ2v) is 10.1. The number of fused-ring (bicyclic) bond motifs is 6. The van der Waals surface area contributed by atoms with Crippen LogP contribution in [0.15, 0.2) is 140 Å². The second-order valence-electron chi connectivity index (χ2n) is 10.1. The van der Waals surface area contributed by atoms with Gasteiger partial charge in [0, 0.05) is 39.5 Å². The van der Waals surface area contributed by atoms with Crippen molar-refractivity contribution in [2.24, 2.45) is 0 Å². The quantitative estimate of drug-likeness (QED) is 0.176. The van der Waals surface area contributed by atoms with Gasteiger partial charge in [-0.15, -0.1) is 0 Å². The van der Waals surface area contributed by atoms with E-state index in [2.05, 4.69) is 119 Å². The Morgan fingerprint density at radius 1 is 0.375 bits per heavy atom. The summed E-state index contributed by atoms with van der Waals surface area (Å²) in [5, 5.41) is 7.04. The molecule has 40 heavy (non-hydrogen) atoms. The van der Waals surface area contributed by atoms with Crippen LogP contribution in [0.1, 0.15) is 0 Å². The predicted octanol–water partition coefficient (Wildman–Crippen LogP) is 9.49. The van der Waals surface area contributed by atoms with Gasteiger partial charge in [0.1, 0.15) is 0 Å². The average Bonchev–Trinajstić information content (AvgIpc) is 3.04. The van der Waals surface area contributed by atoms with Crippen LogP contribution in [0.25, 0.3) is 77.0 Å². The van der Waals surface area contributed by atoms with Gasteiger partial charge in [0.15, 0.2) is 0 Å². The van der Waals surface area contributed by atoms with Crippen LogP contribution >= 0.6 is 0 Å². The molecule has 0 saturated carbocycles. The van der Waals surface area contributed by atoms with E-state index >= 15 is 0 Å². The third-order valence-electron chi connectivity index (χ3n) is 7.74. The molecule has 0 amide bonds.